The first-order valence-electron chi connectivity index (χ1n) is 6.24. The molecule has 5 heteroatoms. The fourth-order valence-corrected chi connectivity index (χ4v) is 1.72. The van der Waals surface area contributed by atoms with Gasteiger partial charge < -0.3 is 15.5 Å². The summed E-state index contributed by atoms with van der Waals surface area (Å²) in [7, 11) is 3.99. The molecular formula is C14H19N5. The predicted octanol–water partition coefficient (Wildman–Crippen LogP) is 2.28. The third kappa shape index (κ3) is 2.93. The number of aromatic nitrogens is 2. The SMILES string of the molecule is CCN(C)c1cc(N(C)c2ccc(N)cc2)ncn1. The molecule has 2 aromatic rings. The molecule has 0 saturated heterocycles. The lowest BCUT2D eigenvalue weighted by Crippen LogP contribution is -2.19. The monoisotopic (exact) mass is 257 g/mol. The van der Waals surface area contributed by atoms with Crippen LogP contribution in [0, 0.1) is 0 Å². The molecule has 0 atom stereocenters. The van der Waals surface area contributed by atoms with Crippen LogP contribution in [0.5, 0.6) is 0 Å². The fraction of sp³-hybridized carbons (Fsp3) is 0.286. The molecule has 0 spiro atoms. The number of nitrogens with two attached hydrogens (primary N) is 1. The van der Waals surface area contributed by atoms with Crippen molar-refractivity contribution in [2.45, 2.75) is 6.92 Å². The van der Waals surface area contributed by atoms with Gasteiger partial charge in [0, 0.05) is 38.1 Å². The van der Waals surface area contributed by atoms with Crippen molar-refractivity contribution < 1.29 is 0 Å². The highest BCUT2D eigenvalue weighted by atomic mass is 15.2. The number of benzene rings is 1. The molecule has 0 aliphatic heterocycles. The van der Waals surface area contributed by atoms with Gasteiger partial charge in [-0.05, 0) is 31.2 Å². The summed E-state index contributed by atoms with van der Waals surface area (Å²) in [6.45, 7) is 2.99. The minimum atomic E-state index is 0.756. The Morgan fingerprint density at radius 1 is 1.05 bits per heavy atom. The van der Waals surface area contributed by atoms with Crippen LogP contribution in [0.2, 0.25) is 0 Å². The molecule has 1 heterocycles. The standard InChI is InChI=1S/C14H19N5/c1-4-18(2)13-9-14(17-10-16-13)19(3)12-7-5-11(15)6-8-12/h5-10H,4,15H2,1-3H3. The van der Waals surface area contributed by atoms with Gasteiger partial charge in [0.25, 0.3) is 0 Å². The number of hydrogen-bond donors (Lipinski definition) is 1. The van der Waals surface area contributed by atoms with Crippen LogP contribution in [-0.4, -0.2) is 30.6 Å². The third-order valence-electron chi connectivity index (χ3n) is 3.13. The number of nitrogens with zero attached hydrogens (tertiary/aromatic N) is 4. The van der Waals surface area contributed by atoms with Crippen LogP contribution in [0.1, 0.15) is 6.92 Å². The van der Waals surface area contributed by atoms with Gasteiger partial charge >= 0.3 is 0 Å². The maximum Gasteiger partial charge on any atom is 0.138 e. The van der Waals surface area contributed by atoms with Crippen LogP contribution < -0.4 is 15.5 Å². The van der Waals surface area contributed by atoms with Crippen LogP contribution in [0.25, 0.3) is 0 Å². The number of hydrogen-bond acceptors (Lipinski definition) is 5. The van der Waals surface area contributed by atoms with Gasteiger partial charge in [0.15, 0.2) is 0 Å². The zero-order chi connectivity index (χ0) is 13.8. The second-order valence-electron chi connectivity index (χ2n) is 4.40. The van der Waals surface area contributed by atoms with E-state index in [0.29, 0.717) is 0 Å². The third-order valence-corrected chi connectivity index (χ3v) is 3.13. The Morgan fingerprint density at radius 3 is 2.32 bits per heavy atom. The summed E-state index contributed by atoms with van der Waals surface area (Å²) >= 11 is 0. The van der Waals surface area contributed by atoms with Crippen LogP contribution in [0.15, 0.2) is 36.7 Å². The normalized spacial score (nSPS) is 10.3. The summed E-state index contributed by atoms with van der Waals surface area (Å²) in [5.41, 5.74) is 7.49. The predicted molar refractivity (Wildman–Crippen MR) is 79.9 cm³/mol. The fourth-order valence-electron chi connectivity index (χ4n) is 1.72. The Labute approximate surface area is 113 Å². The van der Waals surface area contributed by atoms with E-state index in [1.165, 1.54) is 0 Å². The van der Waals surface area contributed by atoms with E-state index < -0.39 is 0 Å². The molecule has 0 radical (unpaired) electrons. The van der Waals surface area contributed by atoms with E-state index in [0.717, 1.165) is 29.6 Å². The second-order valence-corrected chi connectivity index (χ2v) is 4.40. The molecule has 2 rings (SSSR count). The Morgan fingerprint density at radius 2 is 1.68 bits per heavy atom. The largest absolute Gasteiger partial charge is 0.399 e. The Hall–Kier alpha value is -2.30. The highest BCUT2D eigenvalue weighted by Crippen LogP contribution is 2.24. The van der Waals surface area contributed by atoms with Crippen molar-refractivity contribution in [1.29, 1.82) is 0 Å². The molecule has 0 fully saturated rings. The maximum absolute atomic E-state index is 5.70. The van der Waals surface area contributed by atoms with Crippen molar-refractivity contribution in [3.8, 4) is 0 Å². The minimum Gasteiger partial charge on any atom is -0.399 e. The van der Waals surface area contributed by atoms with Gasteiger partial charge in [-0.25, -0.2) is 9.97 Å². The first-order chi connectivity index (χ1) is 9.11. The van der Waals surface area contributed by atoms with Crippen LogP contribution in [-0.2, 0) is 0 Å². The van der Waals surface area contributed by atoms with Gasteiger partial charge in [0.1, 0.15) is 18.0 Å². The smallest absolute Gasteiger partial charge is 0.138 e. The van der Waals surface area contributed by atoms with E-state index in [2.05, 4.69) is 21.8 Å². The van der Waals surface area contributed by atoms with Crippen LogP contribution >= 0.6 is 0 Å². The summed E-state index contributed by atoms with van der Waals surface area (Å²) in [4.78, 5) is 12.7. The molecule has 0 bridgehead atoms. The first kappa shape index (κ1) is 13.1. The summed E-state index contributed by atoms with van der Waals surface area (Å²) in [6, 6.07) is 9.68. The average Bonchev–Trinajstić information content (AvgIpc) is 2.46. The molecule has 0 aliphatic rings. The Bertz CT molecular complexity index is 538. The van der Waals surface area contributed by atoms with E-state index in [-0.39, 0.29) is 0 Å². The second kappa shape index (κ2) is 5.56. The van der Waals surface area contributed by atoms with Gasteiger partial charge in [0.2, 0.25) is 0 Å². The summed E-state index contributed by atoms with van der Waals surface area (Å²) in [5.74, 6) is 1.77. The first-order valence-corrected chi connectivity index (χ1v) is 6.24. The molecule has 1 aromatic heterocycles. The zero-order valence-electron chi connectivity index (χ0n) is 11.5. The lowest BCUT2D eigenvalue weighted by Gasteiger charge is -2.21. The molecular weight excluding hydrogens is 238 g/mol. The average molecular weight is 257 g/mol. The number of nitrogen functional groups attached to an aromatic ring is 1. The molecule has 2 N–H and O–H groups in total. The Balaban J connectivity index is 2.28. The Kier molecular flexibility index (Phi) is 3.85. The van der Waals surface area contributed by atoms with Crippen molar-refractivity contribution in [3.63, 3.8) is 0 Å². The van der Waals surface area contributed by atoms with Gasteiger partial charge in [-0.1, -0.05) is 0 Å². The summed E-state index contributed by atoms with van der Waals surface area (Å²) in [6.07, 6.45) is 1.59. The van der Waals surface area contributed by atoms with Gasteiger partial charge in [0.05, 0.1) is 0 Å². The lowest BCUT2D eigenvalue weighted by molar-refractivity contribution is 0.924. The van der Waals surface area contributed by atoms with E-state index in [1.54, 1.807) is 6.33 Å². The quantitative estimate of drug-likeness (QED) is 0.852. The van der Waals surface area contributed by atoms with Crippen molar-refractivity contribution in [2.75, 3.05) is 36.2 Å². The van der Waals surface area contributed by atoms with Crippen LogP contribution in [0.3, 0.4) is 0 Å². The molecule has 100 valence electrons. The molecule has 0 unspecified atom stereocenters. The highest BCUT2D eigenvalue weighted by molar-refractivity contribution is 5.63. The molecule has 0 saturated carbocycles. The van der Waals surface area contributed by atoms with Gasteiger partial charge in [-0.15, -0.1) is 0 Å². The highest BCUT2D eigenvalue weighted by Gasteiger charge is 2.08. The maximum atomic E-state index is 5.70. The van der Waals surface area contributed by atoms with Gasteiger partial charge in [-0.2, -0.15) is 0 Å². The van der Waals surface area contributed by atoms with E-state index in [4.69, 9.17) is 5.73 Å². The molecule has 0 aliphatic carbocycles. The lowest BCUT2D eigenvalue weighted by atomic mass is 10.2. The van der Waals surface area contributed by atoms with E-state index in [1.807, 2.05) is 49.3 Å². The van der Waals surface area contributed by atoms with E-state index >= 15 is 0 Å². The minimum absolute atomic E-state index is 0.756. The van der Waals surface area contributed by atoms with E-state index in [9.17, 15) is 0 Å². The topological polar surface area (TPSA) is 58.3 Å². The molecule has 19 heavy (non-hydrogen) atoms. The summed E-state index contributed by atoms with van der Waals surface area (Å²) < 4.78 is 0. The molecule has 0 amide bonds. The number of anilines is 4. The summed E-state index contributed by atoms with van der Waals surface area (Å²) in [5, 5.41) is 0. The molecule has 1 aromatic carbocycles. The van der Waals surface area contributed by atoms with Gasteiger partial charge in [-0.3, -0.25) is 0 Å². The zero-order valence-corrected chi connectivity index (χ0v) is 11.5. The van der Waals surface area contributed by atoms with Crippen molar-refractivity contribution in [2.24, 2.45) is 0 Å². The van der Waals surface area contributed by atoms with Crippen molar-refractivity contribution >= 4 is 23.0 Å². The van der Waals surface area contributed by atoms with Crippen molar-refractivity contribution in [1.82, 2.24) is 9.97 Å². The van der Waals surface area contributed by atoms with Crippen LogP contribution in [0.4, 0.5) is 23.0 Å². The van der Waals surface area contributed by atoms with Crippen molar-refractivity contribution in [3.05, 3.63) is 36.7 Å². The number of rotatable bonds is 4. The molecule has 5 nitrogen and oxygen atoms in total.